The molecular weight excluding hydrogens is 284 g/mol. The number of rotatable bonds is 3. The fourth-order valence-electron chi connectivity index (χ4n) is 2.60. The van der Waals surface area contributed by atoms with Crippen molar-refractivity contribution in [1.29, 1.82) is 0 Å². The first-order valence-electron chi connectivity index (χ1n) is 4.77. The Hall–Kier alpha value is 0.580. The van der Waals surface area contributed by atoms with E-state index >= 15 is 0 Å². The predicted octanol–water partition coefficient (Wildman–Crippen LogP) is -1.79. The van der Waals surface area contributed by atoms with E-state index in [1.165, 1.54) is 6.42 Å². The van der Waals surface area contributed by atoms with Crippen LogP contribution in [0.4, 0.5) is 4.39 Å². The standard InChI is InChI=1S/C9H16FINO/c1-11-13-7-9-3-2-4-12(9)6-8(10)5-9/h8H,2-7H2,1H3/q-1/t8-,9+/m1/s1. The molecule has 0 aromatic heterocycles. The van der Waals surface area contributed by atoms with Crippen molar-refractivity contribution in [1.82, 2.24) is 4.90 Å². The molecule has 2 rings (SSSR count). The molecule has 2 saturated heterocycles. The molecule has 0 aromatic rings. The summed E-state index contributed by atoms with van der Waals surface area (Å²) in [6.07, 6.45) is 2.45. The van der Waals surface area contributed by atoms with Gasteiger partial charge in [-0.05, 0) is 0 Å². The zero-order chi connectivity index (χ0) is 9.31. The van der Waals surface area contributed by atoms with E-state index < -0.39 is 6.17 Å². The summed E-state index contributed by atoms with van der Waals surface area (Å²) in [5, 5.41) is 0. The molecule has 0 bridgehead atoms. The van der Waals surface area contributed by atoms with E-state index in [1.807, 2.05) is 0 Å². The van der Waals surface area contributed by atoms with E-state index in [1.54, 1.807) is 0 Å². The number of nitrogens with zero attached hydrogens (tertiary/aromatic N) is 1. The summed E-state index contributed by atoms with van der Waals surface area (Å²) in [6, 6.07) is 0. The van der Waals surface area contributed by atoms with Crippen LogP contribution in [0.3, 0.4) is 0 Å². The molecular formula is C9H16FINO-. The van der Waals surface area contributed by atoms with Gasteiger partial charge in [-0.3, -0.25) is 0 Å². The Balaban J connectivity index is 2.00. The summed E-state index contributed by atoms with van der Waals surface area (Å²) >= 11 is -0.104. The van der Waals surface area contributed by atoms with E-state index in [0.717, 1.165) is 19.6 Å². The third kappa shape index (κ3) is 1.85. The first kappa shape index (κ1) is 10.1. The van der Waals surface area contributed by atoms with Crippen molar-refractivity contribution in [2.75, 3.05) is 24.6 Å². The quantitative estimate of drug-likeness (QED) is 0.451. The number of fused-ring (bicyclic) bond motifs is 1. The van der Waals surface area contributed by atoms with Gasteiger partial charge < -0.3 is 0 Å². The van der Waals surface area contributed by atoms with Crippen LogP contribution in [0, 0.1) is 0 Å². The molecule has 0 unspecified atom stereocenters. The van der Waals surface area contributed by atoms with Crippen LogP contribution in [-0.4, -0.2) is 41.2 Å². The van der Waals surface area contributed by atoms with Crippen molar-refractivity contribution >= 4 is 0 Å². The molecule has 0 radical (unpaired) electrons. The second-order valence-electron chi connectivity index (χ2n) is 3.98. The average molecular weight is 300 g/mol. The van der Waals surface area contributed by atoms with Crippen molar-refractivity contribution in [3.8, 4) is 0 Å². The summed E-state index contributed by atoms with van der Waals surface area (Å²) in [7, 11) is 0. The van der Waals surface area contributed by atoms with Crippen LogP contribution >= 0.6 is 0 Å². The summed E-state index contributed by atoms with van der Waals surface area (Å²) in [5.41, 5.74) is 0.0924. The molecule has 0 saturated carbocycles. The number of hydrogen-bond donors (Lipinski definition) is 0. The van der Waals surface area contributed by atoms with Gasteiger partial charge in [-0.1, -0.05) is 0 Å². The number of hydrogen-bond acceptors (Lipinski definition) is 2. The molecule has 2 aliphatic heterocycles. The zero-order valence-corrected chi connectivity index (χ0v) is 10.1. The molecule has 0 aromatic carbocycles. The molecule has 2 heterocycles. The van der Waals surface area contributed by atoms with Crippen LogP contribution in [0.25, 0.3) is 0 Å². The molecule has 2 atom stereocenters. The van der Waals surface area contributed by atoms with Crippen LogP contribution < -0.4 is 21.6 Å². The Morgan fingerprint density at radius 2 is 2.54 bits per heavy atom. The van der Waals surface area contributed by atoms with Crippen molar-refractivity contribution in [3.05, 3.63) is 0 Å². The van der Waals surface area contributed by atoms with E-state index in [2.05, 4.69) is 9.83 Å². The number of alkyl halides is 2. The normalized spacial score (nSPS) is 40.0. The van der Waals surface area contributed by atoms with Crippen LogP contribution in [0.2, 0.25) is 0 Å². The van der Waals surface area contributed by atoms with Gasteiger partial charge in [0.15, 0.2) is 0 Å². The molecule has 2 aliphatic rings. The molecule has 2 fully saturated rings. The molecule has 78 valence electrons. The van der Waals surface area contributed by atoms with Gasteiger partial charge in [0.1, 0.15) is 0 Å². The minimum atomic E-state index is -0.612. The topological polar surface area (TPSA) is 12.5 Å². The molecule has 4 heteroatoms. The van der Waals surface area contributed by atoms with Crippen LogP contribution in [0.5, 0.6) is 0 Å². The molecule has 0 N–H and O–H groups in total. The fourth-order valence-corrected chi connectivity index (χ4v) is 3.50. The molecule has 13 heavy (non-hydrogen) atoms. The third-order valence-corrected chi connectivity index (χ3v) is 4.13. The van der Waals surface area contributed by atoms with E-state index in [0.29, 0.717) is 13.0 Å². The zero-order valence-electron chi connectivity index (χ0n) is 7.93. The van der Waals surface area contributed by atoms with Crippen molar-refractivity contribution in [3.63, 3.8) is 0 Å². The van der Waals surface area contributed by atoms with Gasteiger partial charge in [0.05, 0.1) is 0 Å². The number of halogens is 2. The Morgan fingerprint density at radius 3 is 3.31 bits per heavy atom. The van der Waals surface area contributed by atoms with Gasteiger partial charge >= 0.3 is 89.6 Å². The van der Waals surface area contributed by atoms with Crippen molar-refractivity contribution in [2.45, 2.75) is 31.0 Å². The Kier molecular flexibility index (Phi) is 3.10. The van der Waals surface area contributed by atoms with Crippen LogP contribution in [-0.2, 0) is 3.07 Å². The first-order chi connectivity index (χ1) is 6.27. The van der Waals surface area contributed by atoms with Gasteiger partial charge in [-0.25, -0.2) is 0 Å². The summed E-state index contributed by atoms with van der Waals surface area (Å²) in [4.78, 5) is 4.41. The molecule has 2 nitrogen and oxygen atoms in total. The van der Waals surface area contributed by atoms with Crippen LogP contribution in [0.1, 0.15) is 19.3 Å². The van der Waals surface area contributed by atoms with Crippen LogP contribution in [0.15, 0.2) is 0 Å². The van der Waals surface area contributed by atoms with Crippen molar-refractivity contribution in [2.24, 2.45) is 0 Å². The second-order valence-corrected chi connectivity index (χ2v) is 5.49. The maximum absolute atomic E-state index is 13.2. The van der Waals surface area contributed by atoms with Crippen molar-refractivity contribution < 1.29 is 29.1 Å². The molecule has 0 spiro atoms. The van der Waals surface area contributed by atoms with Gasteiger partial charge in [0.25, 0.3) is 0 Å². The monoisotopic (exact) mass is 300 g/mol. The second kappa shape index (κ2) is 3.98. The first-order valence-corrected chi connectivity index (χ1v) is 7.81. The molecule has 0 amide bonds. The van der Waals surface area contributed by atoms with Gasteiger partial charge in [0.2, 0.25) is 0 Å². The van der Waals surface area contributed by atoms with E-state index in [9.17, 15) is 4.39 Å². The van der Waals surface area contributed by atoms with Gasteiger partial charge in [-0.15, -0.1) is 0 Å². The summed E-state index contributed by atoms with van der Waals surface area (Å²) in [5.74, 6) is 0. The van der Waals surface area contributed by atoms with Gasteiger partial charge in [-0.2, -0.15) is 0 Å². The Labute approximate surface area is 89.6 Å². The maximum atomic E-state index is 13.2. The van der Waals surface area contributed by atoms with E-state index in [4.69, 9.17) is 3.07 Å². The SMILES string of the molecule is C[I-]OC[C@@]12CCCN1C[C@H](F)C2. The summed E-state index contributed by atoms with van der Waals surface area (Å²) in [6.45, 7) is 2.49. The minimum absolute atomic E-state index is 0.0924. The molecule has 0 aliphatic carbocycles. The Morgan fingerprint density at radius 1 is 1.69 bits per heavy atom. The van der Waals surface area contributed by atoms with Gasteiger partial charge in [0, 0.05) is 0 Å². The predicted molar refractivity (Wildman–Crippen MR) is 44.9 cm³/mol. The van der Waals surface area contributed by atoms with E-state index in [-0.39, 0.29) is 27.2 Å². The summed E-state index contributed by atoms with van der Waals surface area (Å²) < 4.78 is 18.8. The Bertz CT molecular complexity index is 192. The average Bonchev–Trinajstić information content (AvgIpc) is 2.57. The third-order valence-electron chi connectivity index (χ3n) is 3.19. The fraction of sp³-hybridized carbons (Fsp3) is 1.00.